The first-order valence-electron chi connectivity index (χ1n) is 5.46. The van der Waals surface area contributed by atoms with Gasteiger partial charge in [-0.05, 0) is 19.1 Å². The van der Waals surface area contributed by atoms with Crippen LogP contribution in [0.4, 0.5) is 4.39 Å². The summed E-state index contributed by atoms with van der Waals surface area (Å²) in [6.45, 7) is 1.74. The third kappa shape index (κ3) is 4.95. The summed E-state index contributed by atoms with van der Waals surface area (Å²) < 4.78 is 18.4. The maximum atomic E-state index is 13.6. The van der Waals surface area contributed by atoms with Gasteiger partial charge in [-0.1, -0.05) is 17.7 Å². The van der Waals surface area contributed by atoms with Gasteiger partial charge in [0.15, 0.2) is 0 Å². The Bertz CT molecular complexity index is 412. The van der Waals surface area contributed by atoms with Crippen molar-refractivity contribution in [2.75, 3.05) is 13.7 Å². The fourth-order valence-electron chi connectivity index (χ4n) is 1.57. The molecule has 2 atom stereocenters. The maximum Gasteiger partial charge on any atom is 0.239 e. The first-order chi connectivity index (χ1) is 8.47. The second-order valence-electron chi connectivity index (χ2n) is 3.93. The molecule has 0 aliphatic heterocycles. The summed E-state index contributed by atoms with van der Waals surface area (Å²) in [6.07, 6.45) is 0. The Morgan fingerprint density at radius 1 is 1.58 bits per heavy atom. The van der Waals surface area contributed by atoms with Crippen LogP contribution in [0.15, 0.2) is 18.2 Å². The topological polar surface area (TPSA) is 64.3 Å². The summed E-state index contributed by atoms with van der Waals surface area (Å²) >= 11 is 5.90. The monoisotopic (exact) mass is 310 g/mol. The standard InChI is InChI=1S/C12H16ClFN2O2.ClH/c1-7(16-12(17)10(15)6-18-2)11-8(13)4-3-5-9(11)14;/h3-5,7,10H,6,15H2,1-2H3,(H,16,17);1H. The van der Waals surface area contributed by atoms with E-state index in [0.717, 1.165) is 0 Å². The highest BCUT2D eigenvalue weighted by molar-refractivity contribution is 6.31. The molecular weight excluding hydrogens is 294 g/mol. The Kier molecular flexibility index (Phi) is 7.94. The van der Waals surface area contributed by atoms with Gasteiger partial charge in [-0.25, -0.2) is 4.39 Å². The zero-order chi connectivity index (χ0) is 13.7. The van der Waals surface area contributed by atoms with Crippen LogP contribution in [-0.4, -0.2) is 25.7 Å². The van der Waals surface area contributed by atoms with Gasteiger partial charge in [0.1, 0.15) is 11.9 Å². The van der Waals surface area contributed by atoms with Crippen molar-refractivity contribution in [3.63, 3.8) is 0 Å². The van der Waals surface area contributed by atoms with Gasteiger partial charge in [0.2, 0.25) is 5.91 Å². The highest BCUT2D eigenvalue weighted by Crippen LogP contribution is 2.25. The van der Waals surface area contributed by atoms with E-state index in [1.165, 1.54) is 19.2 Å². The normalized spacial score (nSPS) is 13.3. The summed E-state index contributed by atoms with van der Waals surface area (Å²) in [5, 5.41) is 2.86. The second kappa shape index (κ2) is 8.32. The fourth-order valence-corrected chi connectivity index (χ4v) is 1.90. The van der Waals surface area contributed by atoms with E-state index >= 15 is 0 Å². The van der Waals surface area contributed by atoms with Gasteiger partial charge in [0.05, 0.1) is 12.6 Å². The molecule has 0 aliphatic carbocycles. The van der Waals surface area contributed by atoms with Crippen LogP contribution in [0.5, 0.6) is 0 Å². The Hall–Kier alpha value is -0.880. The van der Waals surface area contributed by atoms with Crippen molar-refractivity contribution in [3.05, 3.63) is 34.6 Å². The Morgan fingerprint density at radius 3 is 2.74 bits per heavy atom. The van der Waals surface area contributed by atoms with Crippen molar-refractivity contribution in [2.45, 2.75) is 19.0 Å². The number of benzene rings is 1. The molecule has 19 heavy (non-hydrogen) atoms. The number of nitrogens with one attached hydrogen (secondary N) is 1. The smallest absolute Gasteiger partial charge is 0.239 e. The van der Waals surface area contributed by atoms with Crippen molar-refractivity contribution in [1.82, 2.24) is 5.32 Å². The number of halogens is 3. The highest BCUT2D eigenvalue weighted by Gasteiger charge is 2.20. The Labute approximate surface area is 122 Å². The minimum absolute atomic E-state index is 0. The minimum atomic E-state index is -0.789. The molecule has 4 nitrogen and oxygen atoms in total. The number of nitrogens with two attached hydrogens (primary N) is 1. The van der Waals surface area contributed by atoms with Gasteiger partial charge in [0, 0.05) is 17.7 Å². The average Bonchev–Trinajstić information content (AvgIpc) is 2.28. The van der Waals surface area contributed by atoms with Gasteiger partial charge >= 0.3 is 0 Å². The molecule has 2 unspecified atom stereocenters. The largest absolute Gasteiger partial charge is 0.383 e. The quantitative estimate of drug-likeness (QED) is 0.875. The zero-order valence-corrected chi connectivity index (χ0v) is 12.2. The first kappa shape index (κ1) is 18.1. The molecule has 1 amide bonds. The van der Waals surface area contributed by atoms with E-state index in [9.17, 15) is 9.18 Å². The average molecular weight is 311 g/mol. The van der Waals surface area contributed by atoms with Crippen molar-refractivity contribution in [2.24, 2.45) is 5.73 Å². The van der Waals surface area contributed by atoms with Crippen LogP contribution < -0.4 is 11.1 Å². The molecule has 0 saturated carbocycles. The van der Waals surface area contributed by atoms with E-state index in [1.54, 1.807) is 13.0 Å². The van der Waals surface area contributed by atoms with Crippen molar-refractivity contribution in [3.8, 4) is 0 Å². The Morgan fingerprint density at radius 2 is 2.21 bits per heavy atom. The Balaban J connectivity index is 0.00000324. The lowest BCUT2D eigenvalue weighted by Gasteiger charge is -2.19. The lowest BCUT2D eigenvalue weighted by Crippen LogP contribution is -2.44. The molecule has 0 radical (unpaired) electrons. The van der Waals surface area contributed by atoms with E-state index in [4.69, 9.17) is 22.1 Å². The van der Waals surface area contributed by atoms with E-state index in [1.807, 2.05) is 0 Å². The van der Waals surface area contributed by atoms with Crippen LogP contribution in [0.3, 0.4) is 0 Å². The molecule has 0 heterocycles. The molecule has 0 aliphatic rings. The molecule has 0 bridgehead atoms. The van der Waals surface area contributed by atoms with Gasteiger partial charge in [-0.15, -0.1) is 12.4 Å². The molecule has 108 valence electrons. The van der Waals surface area contributed by atoms with Gasteiger partial charge in [-0.2, -0.15) is 0 Å². The second-order valence-corrected chi connectivity index (χ2v) is 4.33. The molecule has 1 aromatic rings. The summed E-state index contributed by atoms with van der Waals surface area (Å²) in [5.41, 5.74) is 5.81. The number of hydrogen-bond acceptors (Lipinski definition) is 3. The summed E-state index contributed by atoms with van der Waals surface area (Å²) in [4.78, 5) is 11.7. The zero-order valence-electron chi connectivity index (χ0n) is 10.7. The molecule has 0 saturated heterocycles. The molecule has 1 rings (SSSR count). The molecule has 1 aromatic carbocycles. The summed E-state index contributed by atoms with van der Waals surface area (Å²) in [6, 6.07) is 3.01. The number of carbonyl (C=O) groups is 1. The summed E-state index contributed by atoms with van der Waals surface area (Å²) in [7, 11) is 1.45. The molecule has 0 aromatic heterocycles. The molecule has 0 fully saturated rings. The van der Waals surface area contributed by atoms with Gasteiger partial charge < -0.3 is 15.8 Å². The van der Waals surface area contributed by atoms with Crippen LogP contribution in [0.25, 0.3) is 0 Å². The van der Waals surface area contributed by atoms with Crippen LogP contribution >= 0.6 is 24.0 Å². The van der Waals surface area contributed by atoms with Gasteiger partial charge in [0.25, 0.3) is 0 Å². The number of ether oxygens (including phenoxy) is 1. The van der Waals surface area contributed by atoms with E-state index < -0.39 is 23.8 Å². The third-order valence-electron chi connectivity index (χ3n) is 2.47. The van der Waals surface area contributed by atoms with Crippen molar-refractivity contribution in [1.29, 1.82) is 0 Å². The predicted octanol–water partition coefficient (Wildman–Crippen LogP) is 2.05. The maximum absolute atomic E-state index is 13.6. The number of methoxy groups -OCH3 is 1. The SMILES string of the molecule is COCC(N)C(=O)NC(C)c1c(F)cccc1Cl.Cl. The van der Waals surface area contributed by atoms with Crippen molar-refractivity contribution >= 4 is 29.9 Å². The lowest BCUT2D eigenvalue weighted by molar-refractivity contribution is -0.124. The number of amides is 1. The minimum Gasteiger partial charge on any atom is -0.383 e. The first-order valence-corrected chi connectivity index (χ1v) is 5.84. The number of rotatable bonds is 5. The van der Waals surface area contributed by atoms with E-state index in [0.29, 0.717) is 0 Å². The number of hydrogen-bond donors (Lipinski definition) is 2. The van der Waals surface area contributed by atoms with E-state index in [-0.39, 0.29) is 29.6 Å². The third-order valence-corrected chi connectivity index (χ3v) is 2.80. The molecular formula is C12H17Cl2FN2O2. The van der Waals surface area contributed by atoms with E-state index in [2.05, 4.69) is 5.32 Å². The summed E-state index contributed by atoms with van der Waals surface area (Å²) in [5.74, 6) is -0.876. The van der Waals surface area contributed by atoms with Crippen LogP contribution in [-0.2, 0) is 9.53 Å². The van der Waals surface area contributed by atoms with Crippen LogP contribution in [0.1, 0.15) is 18.5 Å². The fraction of sp³-hybridized carbons (Fsp3) is 0.417. The molecule has 7 heteroatoms. The number of carbonyl (C=O) groups excluding carboxylic acids is 1. The molecule has 3 N–H and O–H groups in total. The van der Waals surface area contributed by atoms with Crippen LogP contribution in [0.2, 0.25) is 5.02 Å². The van der Waals surface area contributed by atoms with Crippen LogP contribution in [0, 0.1) is 5.82 Å². The van der Waals surface area contributed by atoms with Crippen molar-refractivity contribution < 1.29 is 13.9 Å². The van der Waals surface area contributed by atoms with Gasteiger partial charge in [-0.3, -0.25) is 4.79 Å². The lowest BCUT2D eigenvalue weighted by atomic mass is 10.1. The predicted molar refractivity (Wildman–Crippen MR) is 75.1 cm³/mol. The molecule has 0 spiro atoms. The highest BCUT2D eigenvalue weighted by atomic mass is 35.5.